The molecule has 1 unspecified atom stereocenters. The highest BCUT2D eigenvalue weighted by atomic mass is 35.5. The number of rotatable bonds is 5. The van der Waals surface area contributed by atoms with E-state index in [1.165, 1.54) is 26.2 Å². The minimum absolute atomic E-state index is 0.00524. The zero-order valence-electron chi connectivity index (χ0n) is 9.78. The van der Waals surface area contributed by atoms with E-state index in [9.17, 15) is 8.42 Å². The van der Waals surface area contributed by atoms with Crippen LogP contribution in [0.25, 0.3) is 0 Å². The average molecular weight is 314 g/mol. The van der Waals surface area contributed by atoms with Gasteiger partial charge in [0.1, 0.15) is 10.6 Å². The van der Waals surface area contributed by atoms with E-state index < -0.39 is 16.1 Å². The molecule has 1 aromatic rings. The molecule has 102 valence electrons. The molecule has 5 nitrogen and oxygen atoms in total. The number of hydrogen-bond acceptors (Lipinski definition) is 4. The molecule has 1 atom stereocenters. The lowest BCUT2D eigenvalue weighted by atomic mass is 10.3. The van der Waals surface area contributed by atoms with Crippen LogP contribution in [0.5, 0.6) is 5.75 Å². The highest BCUT2D eigenvalue weighted by Gasteiger charge is 2.20. The van der Waals surface area contributed by atoms with Gasteiger partial charge in [-0.05, 0) is 13.0 Å². The summed E-state index contributed by atoms with van der Waals surface area (Å²) in [6, 6.07) is 2.52. The molecule has 2 N–H and O–H groups in total. The van der Waals surface area contributed by atoms with Gasteiger partial charge in [-0.15, -0.1) is 0 Å². The van der Waals surface area contributed by atoms with Crippen molar-refractivity contribution in [3.63, 3.8) is 0 Å². The number of aliphatic hydroxyl groups excluding tert-OH is 1. The summed E-state index contributed by atoms with van der Waals surface area (Å²) >= 11 is 11.7. The number of hydrogen-bond donors (Lipinski definition) is 2. The van der Waals surface area contributed by atoms with Crippen LogP contribution >= 0.6 is 23.2 Å². The fraction of sp³-hybridized carbons (Fsp3) is 0.400. The third-order valence-electron chi connectivity index (χ3n) is 2.06. The van der Waals surface area contributed by atoms with Crippen molar-refractivity contribution >= 4 is 33.2 Å². The van der Waals surface area contributed by atoms with E-state index in [1.54, 1.807) is 0 Å². The molecule has 0 amide bonds. The Kier molecular flexibility index (Phi) is 5.24. The van der Waals surface area contributed by atoms with E-state index >= 15 is 0 Å². The van der Waals surface area contributed by atoms with E-state index in [-0.39, 0.29) is 27.2 Å². The number of ether oxygens (including phenoxy) is 1. The second-order valence-electron chi connectivity index (χ2n) is 3.62. The van der Waals surface area contributed by atoms with Crippen molar-refractivity contribution in [1.29, 1.82) is 0 Å². The Labute approximate surface area is 116 Å². The monoisotopic (exact) mass is 313 g/mol. The lowest BCUT2D eigenvalue weighted by Gasteiger charge is -2.11. The molecule has 0 aromatic heterocycles. The standard InChI is InChI=1S/C10H13Cl2NO4S/c1-6(14)5-13-18(15,16)10-4-7(11)9(17-2)3-8(10)12/h3-4,6,13-14H,5H2,1-2H3. The molecule has 0 saturated carbocycles. The number of methoxy groups -OCH3 is 1. The minimum Gasteiger partial charge on any atom is -0.495 e. The van der Waals surface area contributed by atoms with Gasteiger partial charge in [0.25, 0.3) is 0 Å². The summed E-state index contributed by atoms with van der Waals surface area (Å²) in [6.45, 7) is 1.35. The fourth-order valence-corrected chi connectivity index (χ4v) is 3.15. The number of nitrogens with one attached hydrogen (secondary N) is 1. The fourth-order valence-electron chi connectivity index (χ4n) is 1.18. The Morgan fingerprint density at radius 2 is 2.00 bits per heavy atom. The third kappa shape index (κ3) is 3.73. The first-order valence-corrected chi connectivity index (χ1v) is 7.22. The lowest BCUT2D eigenvalue weighted by molar-refractivity contribution is 0.198. The summed E-state index contributed by atoms with van der Waals surface area (Å²) in [6.07, 6.45) is -0.799. The van der Waals surface area contributed by atoms with Crippen LogP contribution in [0.1, 0.15) is 6.92 Å². The van der Waals surface area contributed by atoms with Crippen LogP contribution in [-0.2, 0) is 10.0 Å². The van der Waals surface area contributed by atoms with Crippen molar-refractivity contribution in [3.05, 3.63) is 22.2 Å². The Balaban J connectivity index is 3.13. The number of benzene rings is 1. The van der Waals surface area contributed by atoms with E-state index in [4.69, 9.17) is 33.0 Å². The summed E-state index contributed by atoms with van der Waals surface area (Å²) in [5.41, 5.74) is 0. The lowest BCUT2D eigenvalue weighted by Crippen LogP contribution is -2.30. The second kappa shape index (κ2) is 6.08. The molecule has 0 fully saturated rings. The van der Waals surface area contributed by atoms with Crippen LogP contribution < -0.4 is 9.46 Å². The molecular formula is C10H13Cl2NO4S. The van der Waals surface area contributed by atoms with Crippen LogP contribution in [0.2, 0.25) is 10.0 Å². The van der Waals surface area contributed by atoms with Gasteiger partial charge in [0.05, 0.1) is 23.3 Å². The topological polar surface area (TPSA) is 75.6 Å². The summed E-state index contributed by atoms with van der Waals surface area (Å²) in [4.78, 5) is -0.157. The van der Waals surface area contributed by atoms with Crippen LogP contribution in [-0.4, -0.2) is 33.3 Å². The number of halogens is 2. The number of sulfonamides is 1. The Bertz CT molecular complexity index is 531. The van der Waals surface area contributed by atoms with Gasteiger partial charge in [0.15, 0.2) is 0 Å². The van der Waals surface area contributed by atoms with E-state index in [0.29, 0.717) is 0 Å². The molecule has 0 saturated heterocycles. The second-order valence-corrected chi connectivity index (χ2v) is 6.17. The van der Waals surface area contributed by atoms with Crippen molar-refractivity contribution in [1.82, 2.24) is 4.72 Å². The van der Waals surface area contributed by atoms with Crippen LogP contribution in [0.4, 0.5) is 0 Å². The van der Waals surface area contributed by atoms with Crippen LogP contribution in [0, 0.1) is 0 Å². The molecule has 0 aliphatic heterocycles. The van der Waals surface area contributed by atoms with Crippen molar-refractivity contribution in [2.45, 2.75) is 17.9 Å². The molecule has 0 bridgehead atoms. The SMILES string of the molecule is COc1cc(Cl)c(S(=O)(=O)NCC(C)O)cc1Cl. The largest absolute Gasteiger partial charge is 0.495 e. The van der Waals surface area contributed by atoms with Crippen LogP contribution in [0.15, 0.2) is 17.0 Å². The Hall–Kier alpha value is -0.530. The maximum atomic E-state index is 11.9. The van der Waals surface area contributed by atoms with Crippen molar-refractivity contribution in [2.24, 2.45) is 0 Å². The van der Waals surface area contributed by atoms with Crippen LogP contribution in [0.3, 0.4) is 0 Å². The van der Waals surface area contributed by atoms with Crippen molar-refractivity contribution < 1.29 is 18.3 Å². The predicted octanol–water partition coefficient (Wildman–Crippen LogP) is 1.66. The van der Waals surface area contributed by atoms with Crippen molar-refractivity contribution in [2.75, 3.05) is 13.7 Å². The summed E-state index contributed by atoms with van der Waals surface area (Å²) in [7, 11) is -2.42. The molecule has 0 aliphatic carbocycles. The minimum atomic E-state index is -3.82. The molecule has 1 aromatic carbocycles. The molecular weight excluding hydrogens is 301 g/mol. The van der Waals surface area contributed by atoms with Gasteiger partial charge >= 0.3 is 0 Å². The summed E-state index contributed by atoms with van der Waals surface area (Å²) < 4.78 is 30.9. The van der Waals surface area contributed by atoms with Gasteiger partial charge in [-0.1, -0.05) is 23.2 Å². The zero-order valence-corrected chi connectivity index (χ0v) is 12.1. The predicted molar refractivity (Wildman–Crippen MR) is 69.9 cm³/mol. The summed E-state index contributed by atoms with van der Waals surface area (Å²) in [5.74, 6) is 0.288. The molecule has 0 radical (unpaired) electrons. The normalized spacial score (nSPS) is 13.4. The number of aliphatic hydroxyl groups is 1. The highest BCUT2D eigenvalue weighted by molar-refractivity contribution is 7.89. The quantitative estimate of drug-likeness (QED) is 0.867. The van der Waals surface area contributed by atoms with E-state index in [2.05, 4.69) is 4.72 Å². The maximum Gasteiger partial charge on any atom is 0.242 e. The molecule has 0 spiro atoms. The maximum absolute atomic E-state index is 11.9. The van der Waals surface area contributed by atoms with Gasteiger partial charge in [0.2, 0.25) is 10.0 Å². The van der Waals surface area contributed by atoms with Gasteiger partial charge < -0.3 is 9.84 Å². The first kappa shape index (κ1) is 15.5. The molecule has 0 heterocycles. The van der Waals surface area contributed by atoms with E-state index in [0.717, 1.165) is 0 Å². The zero-order chi connectivity index (χ0) is 13.9. The van der Waals surface area contributed by atoms with Gasteiger partial charge in [-0.3, -0.25) is 0 Å². The smallest absolute Gasteiger partial charge is 0.242 e. The molecule has 1 rings (SSSR count). The first-order chi connectivity index (χ1) is 8.27. The van der Waals surface area contributed by atoms with Gasteiger partial charge in [0, 0.05) is 12.6 Å². The molecule has 18 heavy (non-hydrogen) atoms. The van der Waals surface area contributed by atoms with Gasteiger partial charge in [-0.25, -0.2) is 13.1 Å². The van der Waals surface area contributed by atoms with Crippen molar-refractivity contribution in [3.8, 4) is 5.75 Å². The van der Waals surface area contributed by atoms with E-state index in [1.807, 2.05) is 0 Å². The molecule has 8 heteroatoms. The highest BCUT2D eigenvalue weighted by Crippen LogP contribution is 2.33. The summed E-state index contributed by atoms with van der Waals surface area (Å²) in [5, 5.41) is 9.20. The first-order valence-electron chi connectivity index (χ1n) is 4.98. The Morgan fingerprint density at radius 3 is 2.50 bits per heavy atom. The van der Waals surface area contributed by atoms with Gasteiger partial charge in [-0.2, -0.15) is 0 Å². The Morgan fingerprint density at radius 1 is 1.39 bits per heavy atom. The third-order valence-corrected chi connectivity index (χ3v) is 4.25. The molecule has 0 aliphatic rings. The average Bonchev–Trinajstić information content (AvgIpc) is 2.29.